The van der Waals surface area contributed by atoms with E-state index in [9.17, 15) is 4.79 Å². The molecule has 5 heteroatoms. The van der Waals surface area contributed by atoms with Gasteiger partial charge in [-0.2, -0.15) is 5.10 Å². The molecule has 1 aliphatic carbocycles. The Balaban J connectivity index is 1.37. The van der Waals surface area contributed by atoms with Crippen LogP contribution in [0.3, 0.4) is 0 Å². The topological polar surface area (TPSA) is 61.0 Å². The van der Waals surface area contributed by atoms with E-state index in [0.717, 1.165) is 31.0 Å². The number of H-pyrrole nitrogens is 1. The molecule has 1 aromatic rings. The minimum Gasteiger partial charge on any atom is -0.356 e. The van der Waals surface area contributed by atoms with Crippen LogP contribution in [-0.2, 0) is 11.2 Å². The van der Waals surface area contributed by atoms with Gasteiger partial charge < -0.3 is 5.32 Å². The van der Waals surface area contributed by atoms with Crippen LogP contribution in [0.2, 0.25) is 0 Å². The third-order valence-corrected chi connectivity index (χ3v) is 5.46. The number of hydrogen-bond donors (Lipinski definition) is 2. The van der Waals surface area contributed by atoms with Crippen LogP contribution in [0.1, 0.15) is 63.4 Å². The van der Waals surface area contributed by atoms with Crippen molar-refractivity contribution in [2.45, 2.75) is 76.3 Å². The summed E-state index contributed by atoms with van der Waals surface area (Å²) in [6, 6.07) is 1.50. The van der Waals surface area contributed by atoms with Crippen LogP contribution >= 0.6 is 0 Å². The number of piperidine rings is 1. The lowest BCUT2D eigenvalue weighted by Crippen LogP contribution is -2.46. The summed E-state index contributed by atoms with van der Waals surface area (Å²) >= 11 is 0. The third kappa shape index (κ3) is 4.80. The number of likely N-dealkylation sites (tertiary alicyclic amines) is 1. The van der Waals surface area contributed by atoms with Gasteiger partial charge >= 0.3 is 0 Å². The molecular formula is C18H30N4O. The van der Waals surface area contributed by atoms with Crippen molar-refractivity contribution in [1.29, 1.82) is 0 Å². The molecule has 23 heavy (non-hydrogen) atoms. The molecule has 2 N–H and O–H groups in total. The van der Waals surface area contributed by atoms with E-state index < -0.39 is 0 Å². The monoisotopic (exact) mass is 318 g/mol. The van der Waals surface area contributed by atoms with E-state index in [-0.39, 0.29) is 5.91 Å². The normalized spacial score (nSPS) is 23.2. The van der Waals surface area contributed by atoms with Crippen molar-refractivity contribution in [3.63, 3.8) is 0 Å². The number of hydrogen-bond acceptors (Lipinski definition) is 3. The molecule has 0 bridgehead atoms. The minimum absolute atomic E-state index is 0.162. The van der Waals surface area contributed by atoms with E-state index in [1.54, 1.807) is 6.20 Å². The van der Waals surface area contributed by atoms with Crippen LogP contribution in [0.5, 0.6) is 0 Å². The fourth-order valence-corrected chi connectivity index (χ4v) is 4.19. The summed E-state index contributed by atoms with van der Waals surface area (Å²) in [6.45, 7) is 2.09. The molecule has 2 fully saturated rings. The molecule has 0 aromatic carbocycles. The first kappa shape index (κ1) is 16.5. The van der Waals surface area contributed by atoms with E-state index in [1.165, 1.54) is 51.5 Å². The fourth-order valence-electron chi connectivity index (χ4n) is 4.19. The number of aromatic amines is 1. The highest BCUT2D eigenvalue weighted by molar-refractivity contribution is 5.76. The van der Waals surface area contributed by atoms with E-state index in [2.05, 4.69) is 20.4 Å². The molecule has 1 saturated carbocycles. The van der Waals surface area contributed by atoms with Gasteiger partial charge in [0.1, 0.15) is 0 Å². The number of carbonyl (C=O) groups excluding carboxylic acids is 1. The Bertz CT molecular complexity index is 467. The predicted octanol–water partition coefficient (Wildman–Crippen LogP) is 2.65. The van der Waals surface area contributed by atoms with E-state index in [1.807, 2.05) is 6.20 Å². The molecule has 2 heterocycles. The quantitative estimate of drug-likeness (QED) is 0.812. The van der Waals surface area contributed by atoms with Gasteiger partial charge in [0.2, 0.25) is 5.91 Å². The first-order valence-corrected chi connectivity index (χ1v) is 9.33. The zero-order chi connectivity index (χ0) is 15.9. The molecule has 5 nitrogen and oxygen atoms in total. The molecule has 2 aliphatic rings. The van der Waals surface area contributed by atoms with E-state index in [0.29, 0.717) is 12.5 Å². The number of amides is 1. The number of nitrogens with one attached hydrogen (secondary N) is 2. The Morgan fingerprint density at radius 2 is 2.09 bits per heavy atom. The molecule has 1 atom stereocenters. The smallest absolute Gasteiger partial charge is 0.220 e. The van der Waals surface area contributed by atoms with Crippen LogP contribution in [0.4, 0.5) is 0 Å². The van der Waals surface area contributed by atoms with Crippen LogP contribution in [0.15, 0.2) is 12.4 Å². The maximum absolute atomic E-state index is 12.0. The SMILES string of the molecule is O=C(CCc1cn[nH]c1)NCCC1CCCCN1C1CCCC1. The van der Waals surface area contributed by atoms with Crippen molar-refractivity contribution in [2.24, 2.45) is 0 Å². The van der Waals surface area contributed by atoms with Crippen molar-refractivity contribution in [3.8, 4) is 0 Å². The molecule has 3 rings (SSSR count). The second kappa shape index (κ2) is 8.48. The standard InChI is InChI=1S/C18H30N4O/c23-18(9-8-15-13-20-21-14-15)19-11-10-17-7-3-4-12-22(17)16-5-1-2-6-16/h13-14,16-17H,1-12H2,(H,19,23)(H,20,21). The molecule has 1 saturated heterocycles. The Hall–Kier alpha value is -1.36. The summed E-state index contributed by atoms with van der Waals surface area (Å²) in [4.78, 5) is 14.7. The molecule has 128 valence electrons. The second-order valence-electron chi connectivity index (χ2n) is 7.07. The zero-order valence-corrected chi connectivity index (χ0v) is 14.1. The van der Waals surface area contributed by atoms with Crippen molar-refractivity contribution in [2.75, 3.05) is 13.1 Å². The fraction of sp³-hybridized carbons (Fsp3) is 0.778. The summed E-state index contributed by atoms with van der Waals surface area (Å²) in [7, 11) is 0. The summed E-state index contributed by atoms with van der Waals surface area (Å²) in [6.07, 6.45) is 15.6. The molecule has 1 unspecified atom stereocenters. The number of carbonyl (C=O) groups is 1. The van der Waals surface area contributed by atoms with Crippen LogP contribution in [-0.4, -0.2) is 46.2 Å². The van der Waals surface area contributed by atoms with Gasteiger partial charge in [-0.05, 0) is 50.6 Å². The second-order valence-corrected chi connectivity index (χ2v) is 7.07. The predicted molar refractivity (Wildman–Crippen MR) is 91.1 cm³/mol. The summed E-state index contributed by atoms with van der Waals surface area (Å²) in [5.74, 6) is 0.162. The first-order chi connectivity index (χ1) is 11.3. The molecule has 1 amide bonds. The summed E-state index contributed by atoms with van der Waals surface area (Å²) in [5, 5.41) is 9.80. The van der Waals surface area contributed by atoms with E-state index in [4.69, 9.17) is 0 Å². The lowest BCUT2D eigenvalue weighted by molar-refractivity contribution is -0.121. The van der Waals surface area contributed by atoms with Gasteiger partial charge in [0.25, 0.3) is 0 Å². The highest BCUT2D eigenvalue weighted by Crippen LogP contribution is 2.30. The molecule has 0 radical (unpaired) electrons. The summed E-state index contributed by atoms with van der Waals surface area (Å²) < 4.78 is 0. The Morgan fingerprint density at radius 3 is 2.87 bits per heavy atom. The largest absolute Gasteiger partial charge is 0.356 e. The highest BCUT2D eigenvalue weighted by Gasteiger charge is 2.30. The lowest BCUT2D eigenvalue weighted by Gasteiger charge is -2.40. The molecule has 0 spiro atoms. The van der Waals surface area contributed by atoms with Crippen LogP contribution in [0, 0.1) is 0 Å². The maximum Gasteiger partial charge on any atom is 0.220 e. The zero-order valence-electron chi connectivity index (χ0n) is 14.1. The van der Waals surface area contributed by atoms with Crippen molar-refractivity contribution < 1.29 is 4.79 Å². The average molecular weight is 318 g/mol. The third-order valence-electron chi connectivity index (χ3n) is 5.46. The van der Waals surface area contributed by atoms with Gasteiger partial charge in [0.15, 0.2) is 0 Å². The Labute approximate surface area is 139 Å². The van der Waals surface area contributed by atoms with Crippen LogP contribution < -0.4 is 5.32 Å². The van der Waals surface area contributed by atoms with Gasteiger partial charge in [-0.3, -0.25) is 14.8 Å². The molecule has 1 aliphatic heterocycles. The Kier molecular flexibility index (Phi) is 6.08. The van der Waals surface area contributed by atoms with Crippen molar-refractivity contribution in [1.82, 2.24) is 20.4 Å². The summed E-state index contributed by atoms with van der Waals surface area (Å²) in [5.41, 5.74) is 1.10. The maximum atomic E-state index is 12.0. The number of rotatable bonds is 7. The molecule has 1 aromatic heterocycles. The Morgan fingerprint density at radius 1 is 1.26 bits per heavy atom. The van der Waals surface area contributed by atoms with Gasteiger partial charge in [-0.1, -0.05) is 19.3 Å². The minimum atomic E-state index is 0.162. The number of aromatic nitrogens is 2. The van der Waals surface area contributed by atoms with Crippen LogP contribution in [0.25, 0.3) is 0 Å². The van der Waals surface area contributed by atoms with Crippen molar-refractivity contribution in [3.05, 3.63) is 18.0 Å². The highest BCUT2D eigenvalue weighted by atomic mass is 16.1. The number of nitrogens with zero attached hydrogens (tertiary/aromatic N) is 2. The lowest BCUT2D eigenvalue weighted by atomic mass is 9.96. The van der Waals surface area contributed by atoms with Crippen molar-refractivity contribution >= 4 is 5.91 Å². The first-order valence-electron chi connectivity index (χ1n) is 9.33. The average Bonchev–Trinajstić information content (AvgIpc) is 3.27. The van der Waals surface area contributed by atoms with E-state index >= 15 is 0 Å². The van der Waals surface area contributed by atoms with Gasteiger partial charge in [-0.15, -0.1) is 0 Å². The van der Waals surface area contributed by atoms with Gasteiger partial charge in [0.05, 0.1) is 6.20 Å². The molecular weight excluding hydrogens is 288 g/mol. The number of aryl methyl sites for hydroxylation is 1. The van der Waals surface area contributed by atoms with Gasteiger partial charge in [-0.25, -0.2) is 0 Å². The van der Waals surface area contributed by atoms with Gasteiger partial charge in [0, 0.05) is 31.2 Å².